The smallest absolute Gasteiger partial charge is 0.0360 e. The molecule has 15 heavy (non-hydrogen) atoms. The third-order valence-corrected chi connectivity index (χ3v) is 4.26. The van der Waals surface area contributed by atoms with Gasteiger partial charge in [0.25, 0.3) is 0 Å². The largest absolute Gasteiger partial charge is 0.313 e. The van der Waals surface area contributed by atoms with Crippen LogP contribution >= 0.6 is 0 Å². The number of hydrogen-bond acceptors (Lipinski definition) is 2. The van der Waals surface area contributed by atoms with Crippen LogP contribution in [0.5, 0.6) is 0 Å². The van der Waals surface area contributed by atoms with Crippen LogP contribution in [0, 0.1) is 5.92 Å². The molecule has 3 atom stereocenters. The molecule has 2 nitrogen and oxygen atoms in total. The number of nitrogens with one attached hydrogen (secondary N) is 1. The quantitative estimate of drug-likeness (QED) is 0.663. The highest BCUT2D eigenvalue weighted by Crippen LogP contribution is 2.11. The Morgan fingerprint density at radius 1 is 1.20 bits per heavy atom. The second kappa shape index (κ2) is 9.34. The minimum absolute atomic E-state index is 0.605. The molecule has 0 heterocycles. The van der Waals surface area contributed by atoms with Gasteiger partial charge in [-0.25, -0.2) is 0 Å². The molecule has 0 aliphatic heterocycles. The van der Waals surface area contributed by atoms with Crippen LogP contribution in [0.1, 0.15) is 47.0 Å². The lowest BCUT2D eigenvalue weighted by molar-refractivity contribution is 0.392. The topological polar surface area (TPSA) is 29.1 Å². The van der Waals surface area contributed by atoms with Gasteiger partial charge in [-0.2, -0.15) is 0 Å². The average molecular weight is 233 g/mol. The lowest BCUT2D eigenvalue weighted by Crippen LogP contribution is -2.33. The molecule has 1 N–H and O–H groups in total. The van der Waals surface area contributed by atoms with Gasteiger partial charge in [-0.15, -0.1) is 0 Å². The fraction of sp³-hybridized carbons (Fsp3) is 1.00. The molecule has 0 aliphatic rings. The van der Waals surface area contributed by atoms with Crippen molar-refractivity contribution in [3.05, 3.63) is 0 Å². The molecule has 0 aromatic carbocycles. The van der Waals surface area contributed by atoms with Gasteiger partial charge in [-0.3, -0.25) is 4.21 Å². The summed E-state index contributed by atoms with van der Waals surface area (Å²) in [5.74, 6) is 2.37. The first-order chi connectivity index (χ1) is 7.13. The summed E-state index contributed by atoms with van der Waals surface area (Å²) >= 11 is 0. The van der Waals surface area contributed by atoms with Crippen molar-refractivity contribution in [2.45, 2.75) is 53.0 Å². The fourth-order valence-corrected chi connectivity index (χ4v) is 2.20. The first kappa shape index (κ1) is 15.1. The van der Waals surface area contributed by atoms with Crippen molar-refractivity contribution in [1.29, 1.82) is 0 Å². The van der Waals surface area contributed by atoms with E-state index in [1.165, 1.54) is 19.3 Å². The SMILES string of the molecule is CCC(C)CC(CC)NCCS(=O)CC. The Balaban J connectivity index is 3.65. The van der Waals surface area contributed by atoms with Crippen LogP contribution in [0.4, 0.5) is 0 Å². The van der Waals surface area contributed by atoms with Crippen molar-refractivity contribution in [3.63, 3.8) is 0 Å². The molecule has 0 fully saturated rings. The molecule has 0 radical (unpaired) electrons. The van der Waals surface area contributed by atoms with Crippen molar-refractivity contribution < 1.29 is 4.21 Å². The zero-order valence-electron chi connectivity index (χ0n) is 10.7. The van der Waals surface area contributed by atoms with Crippen LogP contribution < -0.4 is 5.32 Å². The Hall–Kier alpha value is 0.110. The molecule has 0 saturated heterocycles. The Bertz CT molecular complexity index is 173. The summed E-state index contributed by atoms with van der Waals surface area (Å²) in [6.45, 7) is 9.64. The predicted molar refractivity (Wildman–Crippen MR) is 69.7 cm³/mol. The number of hydrogen-bond donors (Lipinski definition) is 1. The summed E-state index contributed by atoms with van der Waals surface area (Å²) in [6.07, 6.45) is 3.66. The summed E-state index contributed by atoms with van der Waals surface area (Å²) in [5, 5.41) is 3.51. The molecule has 3 unspecified atom stereocenters. The van der Waals surface area contributed by atoms with E-state index in [2.05, 4.69) is 26.1 Å². The van der Waals surface area contributed by atoms with E-state index in [-0.39, 0.29) is 0 Å². The van der Waals surface area contributed by atoms with Crippen LogP contribution in [0.3, 0.4) is 0 Å². The molecular formula is C12H27NOS. The molecule has 0 aromatic rings. The first-order valence-corrected chi connectivity index (χ1v) is 7.71. The third kappa shape index (κ3) is 7.97. The number of rotatable bonds is 9. The lowest BCUT2D eigenvalue weighted by Gasteiger charge is -2.20. The van der Waals surface area contributed by atoms with Crippen molar-refractivity contribution in [1.82, 2.24) is 5.32 Å². The van der Waals surface area contributed by atoms with Gasteiger partial charge >= 0.3 is 0 Å². The minimum atomic E-state index is -0.622. The molecule has 92 valence electrons. The normalized spacial score (nSPS) is 17.3. The second-order valence-corrected chi connectivity index (χ2v) is 6.11. The maximum atomic E-state index is 11.2. The highest BCUT2D eigenvalue weighted by Gasteiger charge is 2.09. The molecule has 0 bridgehead atoms. The van der Waals surface area contributed by atoms with Gasteiger partial charge < -0.3 is 5.32 Å². The highest BCUT2D eigenvalue weighted by atomic mass is 32.2. The van der Waals surface area contributed by atoms with Crippen molar-refractivity contribution in [2.24, 2.45) is 5.92 Å². The summed E-state index contributed by atoms with van der Waals surface area (Å²) in [5.41, 5.74) is 0. The average Bonchev–Trinajstić information content (AvgIpc) is 2.26. The van der Waals surface area contributed by atoms with E-state index in [9.17, 15) is 4.21 Å². The van der Waals surface area contributed by atoms with Crippen LogP contribution in [-0.2, 0) is 10.8 Å². The van der Waals surface area contributed by atoms with Crippen LogP contribution in [0.15, 0.2) is 0 Å². The van der Waals surface area contributed by atoms with Crippen molar-refractivity contribution >= 4 is 10.8 Å². The standard InChI is InChI=1S/C12H27NOS/c1-5-11(4)10-12(6-2)13-8-9-15(14)7-3/h11-13H,5-10H2,1-4H3. The van der Waals surface area contributed by atoms with E-state index in [1.54, 1.807) is 0 Å². The maximum absolute atomic E-state index is 11.2. The fourth-order valence-electron chi connectivity index (χ4n) is 1.57. The van der Waals surface area contributed by atoms with Crippen molar-refractivity contribution in [3.8, 4) is 0 Å². The Kier molecular flexibility index (Phi) is 9.41. The van der Waals surface area contributed by atoms with Gasteiger partial charge in [-0.05, 0) is 18.8 Å². The van der Waals surface area contributed by atoms with Crippen molar-refractivity contribution in [2.75, 3.05) is 18.1 Å². The van der Waals surface area contributed by atoms with Crippen LogP contribution in [-0.4, -0.2) is 28.3 Å². The Labute approximate surface area is 97.7 Å². The summed E-state index contributed by atoms with van der Waals surface area (Å²) in [7, 11) is -0.622. The van der Waals surface area contributed by atoms with E-state index in [4.69, 9.17) is 0 Å². The third-order valence-electron chi connectivity index (χ3n) is 2.96. The molecule has 0 rings (SSSR count). The lowest BCUT2D eigenvalue weighted by atomic mass is 9.98. The Morgan fingerprint density at radius 2 is 1.87 bits per heavy atom. The van der Waals surface area contributed by atoms with Crippen LogP contribution in [0.25, 0.3) is 0 Å². The molecule has 3 heteroatoms. The molecule has 0 aromatic heterocycles. The van der Waals surface area contributed by atoms with E-state index < -0.39 is 10.8 Å². The molecule has 0 saturated carbocycles. The zero-order valence-corrected chi connectivity index (χ0v) is 11.5. The van der Waals surface area contributed by atoms with Gasteiger partial charge in [0.2, 0.25) is 0 Å². The zero-order chi connectivity index (χ0) is 11.7. The van der Waals surface area contributed by atoms with Gasteiger partial charge in [0.05, 0.1) is 0 Å². The summed E-state index contributed by atoms with van der Waals surface area (Å²) in [6, 6.07) is 0.605. The first-order valence-electron chi connectivity index (χ1n) is 6.22. The van der Waals surface area contributed by atoms with Gasteiger partial charge in [0, 0.05) is 34.9 Å². The highest BCUT2D eigenvalue weighted by molar-refractivity contribution is 7.84. The predicted octanol–water partition coefficient (Wildman–Crippen LogP) is 2.56. The van der Waals surface area contributed by atoms with E-state index in [0.29, 0.717) is 6.04 Å². The molecule has 0 aliphatic carbocycles. The molecule has 0 spiro atoms. The molecular weight excluding hydrogens is 206 g/mol. The monoisotopic (exact) mass is 233 g/mol. The summed E-state index contributed by atoms with van der Waals surface area (Å²) < 4.78 is 11.2. The van der Waals surface area contributed by atoms with E-state index in [0.717, 1.165) is 24.0 Å². The van der Waals surface area contributed by atoms with E-state index >= 15 is 0 Å². The maximum Gasteiger partial charge on any atom is 0.0360 e. The van der Waals surface area contributed by atoms with Gasteiger partial charge in [0.15, 0.2) is 0 Å². The second-order valence-electron chi connectivity index (χ2n) is 4.24. The van der Waals surface area contributed by atoms with Crippen LogP contribution in [0.2, 0.25) is 0 Å². The summed E-state index contributed by atoms with van der Waals surface area (Å²) in [4.78, 5) is 0. The Morgan fingerprint density at radius 3 is 2.33 bits per heavy atom. The molecule has 0 amide bonds. The minimum Gasteiger partial charge on any atom is -0.313 e. The van der Waals surface area contributed by atoms with Gasteiger partial charge in [0.1, 0.15) is 0 Å². The van der Waals surface area contributed by atoms with E-state index in [1.807, 2.05) is 6.92 Å². The van der Waals surface area contributed by atoms with Gasteiger partial charge in [-0.1, -0.05) is 34.1 Å².